The van der Waals surface area contributed by atoms with Crippen LogP contribution in [0, 0.1) is 5.82 Å². The second-order valence-electron chi connectivity index (χ2n) is 4.02. The predicted octanol–water partition coefficient (Wildman–Crippen LogP) is 3.16. The third-order valence-electron chi connectivity index (χ3n) is 2.66. The number of anilines is 1. The van der Waals surface area contributed by atoms with Crippen LogP contribution in [0.25, 0.3) is 0 Å². The molecule has 0 amide bonds. The largest absolute Gasteiger partial charge is 0.389 e. The molecular formula is C13H13FN2S2. The van der Waals surface area contributed by atoms with Gasteiger partial charge in [-0.05, 0) is 40.6 Å². The van der Waals surface area contributed by atoms with Crippen LogP contribution in [0.3, 0.4) is 0 Å². The highest BCUT2D eigenvalue weighted by molar-refractivity contribution is 7.80. The van der Waals surface area contributed by atoms with Crippen LogP contribution in [-0.4, -0.2) is 12.0 Å². The van der Waals surface area contributed by atoms with Crippen molar-refractivity contribution in [3.63, 3.8) is 0 Å². The number of benzene rings is 1. The summed E-state index contributed by atoms with van der Waals surface area (Å²) in [4.78, 5) is 2.06. The molecule has 18 heavy (non-hydrogen) atoms. The van der Waals surface area contributed by atoms with Crippen molar-refractivity contribution in [3.8, 4) is 0 Å². The average Bonchev–Trinajstić information content (AvgIpc) is 2.81. The standard InChI is InChI=1S/C13H13FN2S2/c1-16(7-9-4-5-18-8-9)10-2-3-11(13(15)17)12(14)6-10/h2-6,8H,7H2,1H3,(H2,15,17). The van der Waals surface area contributed by atoms with Gasteiger partial charge in [0.1, 0.15) is 10.8 Å². The third kappa shape index (κ3) is 2.86. The lowest BCUT2D eigenvalue weighted by Gasteiger charge is -2.19. The molecule has 2 aromatic rings. The summed E-state index contributed by atoms with van der Waals surface area (Å²) < 4.78 is 13.7. The Bertz CT molecular complexity index is 552. The number of thiophene rings is 1. The van der Waals surface area contributed by atoms with Crippen molar-refractivity contribution >= 4 is 34.2 Å². The molecule has 0 aliphatic heterocycles. The van der Waals surface area contributed by atoms with Crippen LogP contribution < -0.4 is 10.6 Å². The van der Waals surface area contributed by atoms with Crippen molar-refractivity contribution in [2.45, 2.75) is 6.54 Å². The summed E-state index contributed by atoms with van der Waals surface area (Å²) in [6.07, 6.45) is 0. The Morgan fingerprint density at radius 1 is 1.44 bits per heavy atom. The first kappa shape index (κ1) is 13.0. The Hall–Kier alpha value is -1.46. The molecule has 0 radical (unpaired) electrons. The minimum atomic E-state index is -0.378. The SMILES string of the molecule is CN(Cc1ccsc1)c1ccc(C(N)=S)c(F)c1. The summed E-state index contributed by atoms with van der Waals surface area (Å²) in [5.74, 6) is -0.378. The lowest BCUT2D eigenvalue weighted by atomic mass is 10.1. The van der Waals surface area contributed by atoms with Crippen molar-refractivity contribution in [3.05, 3.63) is 52.0 Å². The Balaban J connectivity index is 2.18. The predicted molar refractivity (Wildman–Crippen MR) is 78.7 cm³/mol. The molecule has 0 spiro atoms. The van der Waals surface area contributed by atoms with E-state index in [4.69, 9.17) is 18.0 Å². The molecule has 0 fully saturated rings. The highest BCUT2D eigenvalue weighted by Crippen LogP contribution is 2.20. The van der Waals surface area contributed by atoms with E-state index in [1.54, 1.807) is 17.4 Å². The Morgan fingerprint density at radius 3 is 2.78 bits per heavy atom. The van der Waals surface area contributed by atoms with Crippen LogP contribution in [-0.2, 0) is 6.54 Å². The fraction of sp³-hybridized carbons (Fsp3) is 0.154. The van der Waals surface area contributed by atoms with E-state index in [9.17, 15) is 4.39 Å². The number of rotatable bonds is 4. The van der Waals surface area contributed by atoms with E-state index in [0.29, 0.717) is 0 Å². The zero-order valence-corrected chi connectivity index (χ0v) is 11.5. The molecule has 0 bridgehead atoms. The van der Waals surface area contributed by atoms with Crippen LogP contribution in [0.1, 0.15) is 11.1 Å². The molecule has 0 saturated carbocycles. The van der Waals surface area contributed by atoms with Gasteiger partial charge >= 0.3 is 0 Å². The first-order valence-electron chi connectivity index (χ1n) is 5.39. The summed E-state index contributed by atoms with van der Waals surface area (Å²) in [6, 6.07) is 6.96. The smallest absolute Gasteiger partial charge is 0.135 e. The van der Waals surface area contributed by atoms with Crippen molar-refractivity contribution in [1.29, 1.82) is 0 Å². The summed E-state index contributed by atoms with van der Waals surface area (Å²) in [7, 11) is 1.92. The summed E-state index contributed by atoms with van der Waals surface area (Å²) in [5.41, 5.74) is 7.73. The number of thiocarbonyl (C=S) groups is 1. The fourth-order valence-electron chi connectivity index (χ4n) is 1.69. The first-order chi connectivity index (χ1) is 8.58. The lowest BCUT2D eigenvalue weighted by Crippen LogP contribution is -2.17. The van der Waals surface area contributed by atoms with Gasteiger partial charge in [-0.3, -0.25) is 0 Å². The van der Waals surface area contributed by atoms with Gasteiger partial charge in [0.25, 0.3) is 0 Å². The molecular weight excluding hydrogens is 267 g/mol. The van der Waals surface area contributed by atoms with E-state index in [2.05, 4.69) is 11.4 Å². The van der Waals surface area contributed by atoms with Crippen LogP contribution >= 0.6 is 23.6 Å². The van der Waals surface area contributed by atoms with Gasteiger partial charge in [0.05, 0.1) is 0 Å². The minimum absolute atomic E-state index is 0.0829. The Morgan fingerprint density at radius 2 is 2.22 bits per heavy atom. The van der Waals surface area contributed by atoms with Gasteiger partial charge < -0.3 is 10.6 Å². The van der Waals surface area contributed by atoms with E-state index in [1.807, 2.05) is 23.4 Å². The van der Waals surface area contributed by atoms with Gasteiger partial charge in [0.15, 0.2) is 0 Å². The molecule has 0 aliphatic carbocycles. The summed E-state index contributed by atoms with van der Waals surface area (Å²) >= 11 is 6.43. The van der Waals surface area contributed by atoms with E-state index in [-0.39, 0.29) is 16.4 Å². The summed E-state index contributed by atoms with van der Waals surface area (Å²) in [6.45, 7) is 0.745. The van der Waals surface area contributed by atoms with Crippen molar-refractivity contribution in [2.24, 2.45) is 5.73 Å². The molecule has 0 unspecified atom stereocenters. The van der Waals surface area contributed by atoms with Gasteiger partial charge in [0, 0.05) is 24.8 Å². The second kappa shape index (κ2) is 5.46. The molecule has 5 heteroatoms. The highest BCUT2D eigenvalue weighted by atomic mass is 32.1. The maximum Gasteiger partial charge on any atom is 0.135 e. The molecule has 0 saturated heterocycles. The van der Waals surface area contributed by atoms with Crippen LogP contribution in [0.4, 0.5) is 10.1 Å². The van der Waals surface area contributed by atoms with Crippen molar-refractivity contribution in [2.75, 3.05) is 11.9 Å². The zero-order valence-electron chi connectivity index (χ0n) is 9.89. The van der Waals surface area contributed by atoms with Gasteiger partial charge in [-0.15, -0.1) is 0 Å². The monoisotopic (exact) mass is 280 g/mol. The Labute approximate surface area is 115 Å². The average molecular weight is 280 g/mol. The minimum Gasteiger partial charge on any atom is -0.389 e. The van der Waals surface area contributed by atoms with E-state index in [0.717, 1.165) is 12.2 Å². The van der Waals surface area contributed by atoms with Gasteiger partial charge in [-0.25, -0.2) is 4.39 Å². The van der Waals surface area contributed by atoms with Crippen LogP contribution in [0.2, 0.25) is 0 Å². The molecule has 1 aromatic carbocycles. The number of halogens is 1. The van der Waals surface area contributed by atoms with Crippen LogP contribution in [0.15, 0.2) is 35.0 Å². The zero-order chi connectivity index (χ0) is 13.1. The maximum absolute atomic E-state index is 13.7. The van der Waals surface area contributed by atoms with E-state index >= 15 is 0 Å². The molecule has 1 heterocycles. The normalized spacial score (nSPS) is 10.3. The Kier molecular flexibility index (Phi) is 3.93. The molecule has 2 rings (SSSR count). The quantitative estimate of drug-likeness (QED) is 0.872. The molecule has 2 nitrogen and oxygen atoms in total. The van der Waals surface area contributed by atoms with E-state index in [1.165, 1.54) is 11.6 Å². The topological polar surface area (TPSA) is 29.3 Å². The second-order valence-corrected chi connectivity index (χ2v) is 5.24. The van der Waals surface area contributed by atoms with Gasteiger partial charge in [0.2, 0.25) is 0 Å². The highest BCUT2D eigenvalue weighted by Gasteiger charge is 2.09. The van der Waals surface area contributed by atoms with Gasteiger partial charge in [-0.1, -0.05) is 12.2 Å². The lowest BCUT2D eigenvalue weighted by molar-refractivity contribution is 0.625. The molecule has 0 atom stereocenters. The molecule has 2 N–H and O–H groups in total. The molecule has 94 valence electrons. The number of hydrogen-bond donors (Lipinski definition) is 1. The first-order valence-corrected chi connectivity index (χ1v) is 6.74. The fourth-order valence-corrected chi connectivity index (χ4v) is 2.51. The molecule has 0 aliphatic rings. The molecule has 1 aromatic heterocycles. The van der Waals surface area contributed by atoms with Crippen LogP contribution in [0.5, 0.6) is 0 Å². The maximum atomic E-state index is 13.7. The number of nitrogens with zero attached hydrogens (tertiary/aromatic N) is 1. The van der Waals surface area contributed by atoms with Crippen molar-refractivity contribution < 1.29 is 4.39 Å². The van der Waals surface area contributed by atoms with Crippen molar-refractivity contribution in [1.82, 2.24) is 0 Å². The van der Waals surface area contributed by atoms with E-state index < -0.39 is 0 Å². The number of nitrogens with two attached hydrogens (primary N) is 1. The number of hydrogen-bond acceptors (Lipinski definition) is 3. The van der Waals surface area contributed by atoms with Gasteiger partial charge in [-0.2, -0.15) is 11.3 Å². The third-order valence-corrected chi connectivity index (χ3v) is 3.61. The summed E-state index contributed by atoms with van der Waals surface area (Å²) in [5, 5.41) is 4.11.